The topological polar surface area (TPSA) is 84.8 Å². The lowest BCUT2D eigenvalue weighted by Gasteiger charge is -2.16. The maximum atomic E-state index is 12.2. The van der Waals surface area contributed by atoms with Crippen molar-refractivity contribution in [2.45, 2.75) is 18.2 Å². The Kier molecular flexibility index (Phi) is 5.42. The van der Waals surface area contributed by atoms with Gasteiger partial charge in [0.05, 0.1) is 12.8 Å². The summed E-state index contributed by atoms with van der Waals surface area (Å²) in [5.41, 5.74) is 3.81. The van der Waals surface area contributed by atoms with E-state index in [1.165, 1.54) is 13.2 Å². The van der Waals surface area contributed by atoms with Gasteiger partial charge in [0, 0.05) is 12.3 Å². The van der Waals surface area contributed by atoms with Gasteiger partial charge in [-0.1, -0.05) is 25.0 Å². The van der Waals surface area contributed by atoms with Crippen molar-refractivity contribution in [1.82, 2.24) is 5.43 Å². The maximum absolute atomic E-state index is 12.2. The number of nitrogens with zero attached hydrogens (tertiary/aromatic N) is 1. The number of hydrogen-bond acceptors (Lipinski definition) is 5. The van der Waals surface area contributed by atoms with E-state index in [2.05, 4.69) is 16.4 Å². The minimum Gasteiger partial charge on any atom is -0.495 e. The van der Waals surface area contributed by atoms with Gasteiger partial charge in [-0.25, -0.2) is 13.8 Å². The second-order valence-corrected chi connectivity index (χ2v) is 7.34. The molecule has 0 radical (unpaired) electrons. The van der Waals surface area contributed by atoms with Gasteiger partial charge >= 0.3 is 0 Å². The molecule has 0 saturated carbocycles. The van der Waals surface area contributed by atoms with Gasteiger partial charge in [0.25, 0.3) is 0 Å². The first kappa shape index (κ1) is 17.8. The van der Waals surface area contributed by atoms with Crippen LogP contribution in [0, 0.1) is 18.3 Å². The van der Waals surface area contributed by atoms with E-state index in [4.69, 9.17) is 11.2 Å². The molecule has 1 atom stereocenters. The van der Waals surface area contributed by atoms with Crippen molar-refractivity contribution in [1.29, 1.82) is 0 Å². The van der Waals surface area contributed by atoms with E-state index in [9.17, 15) is 13.2 Å². The van der Waals surface area contributed by atoms with Crippen LogP contribution in [0.15, 0.2) is 34.3 Å². The molecule has 1 aliphatic heterocycles. The van der Waals surface area contributed by atoms with Crippen LogP contribution in [0.5, 0.6) is 5.75 Å². The predicted molar refractivity (Wildman–Crippen MR) is 92.3 cm³/mol. The van der Waals surface area contributed by atoms with Gasteiger partial charge in [-0.05, 0) is 23.8 Å². The van der Waals surface area contributed by atoms with Gasteiger partial charge in [-0.2, -0.15) is 5.10 Å². The summed E-state index contributed by atoms with van der Waals surface area (Å²) in [6, 6.07) is 4.82. The molecule has 1 aliphatic rings. The Balaban J connectivity index is 2.34. The summed E-state index contributed by atoms with van der Waals surface area (Å²) < 4.78 is 29.6. The Hall–Kier alpha value is -2.59. The summed E-state index contributed by atoms with van der Waals surface area (Å²) >= 11 is 0. The average Bonchev–Trinajstić information content (AvgIpc) is 2.54. The largest absolute Gasteiger partial charge is 0.495 e. The van der Waals surface area contributed by atoms with Crippen LogP contribution in [0.2, 0.25) is 0 Å². The first-order valence-electron chi connectivity index (χ1n) is 7.26. The highest BCUT2D eigenvalue weighted by Crippen LogP contribution is 2.26. The maximum Gasteiger partial charge on any atom is 0.240 e. The van der Waals surface area contributed by atoms with Crippen LogP contribution in [0.1, 0.15) is 18.9 Å². The zero-order valence-corrected chi connectivity index (χ0v) is 14.3. The van der Waals surface area contributed by atoms with E-state index in [0.717, 1.165) is 5.71 Å². The normalized spacial score (nSPS) is 18.0. The lowest BCUT2D eigenvalue weighted by atomic mass is 9.99. The molecule has 0 bridgehead atoms. The lowest BCUT2D eigenvalue weighted by Crippen LogP contribution is -2.30. The smallest absolute Gasteiger partial charge is 0.240 e. The summed E-state index contributed by atoms with van der Waals surface area (Å²) in [5.74, 6) is 1.88. The number of hydrazone groups is 1. The molecule has 0 spiro atoms. The Morgan fingerprint density at radius 2 is 2.21 bits per heavy atom. The molecule has 0 aliphatic carbocycles. The molecule has 1 unspecified atom stereocenters. The molecule has 0 aromatic heterocycles. The van der Waals surface area contributed by atoms with E-state index in [1.807, 2.05) is 6.92 Å². The molecule has 1 N–H and O–H groups in total. The van der Waals surface area contributed by atoms with Crippen molar-refractivity contribution in [3.8, 4) is 18.1 Å². The van der Waals surface area contributed by atoms with E-state index in [-0.39, 0.29) is 22.5 Å². The molecule has 1 aromatic rings. The summed E-state index contributed by atoms with van der Waals surface area (Å²) in [5, 5.41) is 4.00. The first-order chi connectivity index (χ1) is 11.4. The molecule has 6 nitrogen and oxygen atoms in total. The molecular formula is C17H18N2O4S. The fourth-order valence-electron chi connectivity index (χ4n) is 2.28. The number of methoxy groups -OCH3 is 1. The van der Waals surface area contributed by atoms with Gasteiger partial charge in [-0.15, -0.1) is 6.42 Å². The lowest BCUT2D eigenvalue weighted by molar-refractivity contribution is -0.121. The second-order valence-electron chi connectivity index (χ2n) is 5.38. The number of amides is 1. The van der Waals surface area contributed by atoms with Crippen molar-refractivity contribution >= 4 is 27.5 Å². The summed E-state index contributed by atoms with van der Waals surface area (Å²) in [6.07, 6.45) is 8.99. The van der Waals surface area contributed by atoms with E-state index >= 15 is 0 Å². The third-order valence-corrected chi connectivity index (χ3v) is 5.08. The number of carbonyl (C=O) groups excluding carboxylic acids is 1. The zero-order valence-electron chi connectivity index (χ0n) is 13.4. The van der Waals surface area contributed by atoms with Crippen LogP contribution in [0.3, 0.4) is 0 Å². The minimum absolute atomic E-state index is 0.00195. The number of ether oxygens (including phenoxy) is 1. The number of carbonyl (C=O) groups is 1. The minimum atomic E-state index is -3.62. The number of hydrogen-bond donors (Lipinski definition) is 1. The van der Waals surface area contributed by atoms with Gasteiger partial charge in [0.2, 0.25) is 5.91 Å². The Bertz CT molecular complexity index is 848. The van der Waals surface area contributed by atoms with E-state index in [1.54, 1.807) is 24.3 Å². The fourth-order valence-corrected chi connectivity index (χ4v) is 3.42. The Morgan fingerprint density at radius 1 is 1.46 bits per heavy atom. The van der Waals surface area contributed by atoms with E-state index in [0.29, 0.717) is 12.0 Å². The average molecular weight is 346 g/mol. The van der Waals surface area contributed by atoms with Crippen LogP contribution in [-0.2, 0) is 14.6 Å². The number of rotatable bonds is 5. The van der Waals surface area contributed by atoms with Crippen molar-refractivity contribution in [2.75, 3.05) is 12.9 Å². The van der Waals surface area contributed by atoms with Crippen LogP contribution >= 0.6 is 0 Å². The monoisotopic (exact) mass is 346 g/mol. The Labute approximate surface area is 141 Å². The summed E-state index contributed by atoms with van der Waals surface area (Å²) in [7, 11) is -2.22. The quantitative estimate of drug-likeness (QED) is 0.821. The van der Waals surface area contributed by atoms with Crippen molar-refractivity contribution in [2.24, 2.45) is 11.0 Å². The number of sulfone groups is 1. The van der Waals surface area contributed by atoms with Gasteiger partial charge < -0.3 is 4.74 Å². The molecule has 7 heteroatoms. The molecular weight excluding hydrogens is 328 g/mol. The van der Waals surface area contributed by atoms with Crippen molar-refractivity contribution in [3.05, 3.63) is 29.8 Å². The highest BCUT2D eigenvalue weighted by atomic mass is 32.2. The van der Waals surface area contributed by atoms with Crippen LogP contribution in [-0.4, -0.2) is 32.9 Å². The number of nitrogens with one attached hydrogen (secondary N) is 1. The molecule has 126 valence electrons. The van der Waals surface area contributed by atoms with Gasteiger partial charge in [-0.3, -0.25) is 4.79 Å². The van der Waals surface area contributed by atoms with Crippen molar-refractivity contribution in [3.63, 3.8) is 0 Å². The zero-order chi connectivity index (χ0) is 17.7. The number of benzene rings is 1. The van der Waals surface area contributed by atoms with Gasteiger partial charge in [0.1, 0.15) is 16.4 Å². The SMILES string of the molecule is C#CCS(=O)(=O)c1cc(C=CC2=NNC(=O)CC2C)ccc1OC. The van der Waals surface area contributed by atoms with Crippen LogP contribution in [0.25, 0.3) is 6.08 Å². The highest BCUT2D eigenvalue weighted by Gasteiger charge is 2.20. The van der Waals surface area contributed by atoms with Gasteiger partial charge in [0.15, 0.2) is 9.84 Å². The predicted octanol–water partition coefficient (Wildman–Crippen LogP) is 1.63. The van der Waals surface area contributed by atoms with Crippen LogP contribution in [0.4, 0.5) is 0 Å². The molecule has 24 heavy (non-hydrogen) atoms. The number of allylic oxidation sites excluding steroid dienone is 1. The second kappa shape index (κ2) is 7.32. The fraction of sp³-hybridized carbons (Fsp3) is 0.294. The molecule has 0 saturated heterocycles. The molecule has 1 heterocycles. The summed E-state index contributed by atoms with van der Waals surface area (Å²) in [4.78, 5) is 11.3. The molecule has 0 fully saturated rings. The van der Waals surface area contributed by atoms with Crippen molar-refractivity contribution < 1.29 is 17.9 Å². The molecule has 2 rings (SSSR count). The van der Waals surface area contributed by atoms with Crippen LogP contribution < -0.4 is 10.2 Å². The summed E-state index contributed by atoms with van der Waals surface area (Å²) in [6.45, 7) is 1.90. The Morgan fingerprint density at radius 3 is 2.83 bits per heavy atom. The highest BCUT2D eigenvalue weighted by molar-refractivity contribution is 7.91. The molecule has 1 amide bonds. The molecule has 1 aromatic carbocycles. The first-order valence-corrected chi connectivity index (χ1v) is 8.91. The standard InChI is InChI=1S/C17H18N2O4S/c1-4-9-24(21,22)16-11-13(6-8-15(16)23-3)5-7-14-12(2)10-17(20)19-18-14/h1,5-8,11-12H,9-10H2,2-3H3,(H,19,20). The number of terminal acetylenes is 1. The third-order valence-electron chi connectivity index (χ3n) is 3.55. The van der Waals surface area contributed by atoms with E-state index < -0.39 is 15.6 Å². The third kappa shape index (κ3) is 4.03.